The van der Waals surface area contributed by atoms with E-state index in [0.717, 1.165) is 12.0 Å². The van der Waals surface area contributed by atoms with Crippen LogP contribution in [-0.2, 0) is 6.42 Å². The quantitative estimate of drug-likeness (QED) is 0.562. The summed E-state index contributed by atoms with van der Waals surface area (Å²) in [5.41, 5.74) is 1.09. The van der Waals surface area contributed by atoms with Crippen molar-refractivity contribution in [1.29, 1.82) is 0 Å². The van der Waals surface area contributed by atoms with Gasteiger partial charge in [0.15, 0.2) is 0 Å². The molecule has 1 heteroatoms. The van der Waals surface area contributed by atoms with Crippen molar-refractivity contribution in [3.05, 3.63) is 29.8 Å². The van der Waals surface area contributed by atoms with E-state index in [0.29, 0.717) is 5.75 Å². The second-order valence-corrected chi connectivity index (χ2v) is 5.21. The third-order valence-electron chi connectivity index (χ3n) is 3.04. The lowest BCUT2D eigenvalue weighted by atomic mass is 10.0. The highest BCUT2D eigenvalue weighted by atomic mass is 16.3. The molecule has 0 atom stereocenters. The molecule has 1 N–H and O–H groups in total. The molecule has 0 bridgehead atoms. The predicted octanol–water partition coefficient (Wildman–Crippen LogP) is 6.10. The molecule has 0 aromatic heterocycles. The maximum Gasteiger partial charge on any atom is 0.118 e. The second kappa shape index (κ2) is 13.5. The molecule has 0 aliphatic heterocycles. The summed E-state index contributed by atoms with van der Waals surface area (Å²) in [5.74, 6) is 0.452. The molecule has 19 heavy (non-hydrogen) atoms. The zero-order valence-electron chi connectivity index (χ0n) is 13.1. The number of phenols is 1. The Morgan fingerprint density at radius 3 is 1.89 bits per heavy atom. The number of rotatable bonds is 8. The Balaban J connectivity index is 0.000000982. The van der Waals surface area contributed by atoms with Crippen molar-refractivity contribution in [2.24, 2.45) is 0 Å². The van der Waals surface area contributed by atoms with E-state index >= 15 is 0 Å². The van der Waals surface area contributed by atoms with E-state index in [4.69, 9.17) is 0 Å². The average molecular weight is 264 g/mol. The Hall–Kier alpha value is -0.980. The van der Waals surface area contributed by atoms with E-state index < -0.39 is 0 Å². The SMILES string of the molecule is CCC.CCCCCCCCCc1ccccc1O. The monoisotopic (exact) mass is 264 g/mol. The van der Waals surface area contributed by atoms with Crippen LogP contribution in [0.15, 0.2) is 24.3 Å². The molecule has 0 saturated heterocycles. The number of benzene rings is 1. The molecule has 0 saturated carbocycles. The number of unbranched alkanes of at least 4 members (excludes halogenated alkanes) is 6. The minimum absolute atomic E-state index is 0.452. The number of hydrogen-bond acceptors (Lipinski definition) is 1. The van der Waals surface area contributed by atoms with Gasteiger partial charge < -0.3 is 5.11 Å². The van der Waals surface area contributed by atoms with Crippen molar-refractivity contribution in [3.63, 3.8) is 0 Å². The smallest absolute Gasteiger partial charge is 0.118 e. The molecular weight excluding hydrogens is 232 g/mol. The van der Waals surface area contributed by atoms with E-state index in [1.54, 1.807) is 6.07 Å². The van der Waals surface area contributed by atoms with Gasteiger partial charge in [0.1, 0.15) is 5.75 Å². The molecule has 1 nitrogen and oxygen atoms in total. The van der Waals surface area contributed by atoms with Gasteiger partial charge in [0, 0.05) is 0 Å². The van der Waals surface area contributed by atoms with Crippen LogP contribution in [0.2, 0.25) is 0 Å². The number of aryl methyl sites for hydroxylation is 1. The minimum atomic E-state index is 0.452. The molecule has 110 valence electrons. The number of phenolic OH excluding ortho intramolecular Hbond substituents is 1. The lowest BCUT2D eigenvalue weighted by Gasteiger charge is -2.04. The summed E-state index contributed by atoms with van der Waals surface area (Å²) in [5, 5.41) is 9.58. The molecule has 0 heterocycles. The summed E-state index contributed by atoms with van der Waals surface area (Å²) in [6.45, 7) is 6.50. The highest BCUT2D eigenvalue weighted by Gasteiger charge is 1.98. The van der Waals surface area contributed by atoms with E-state index in [9.17, 15) is 5.11 Å². The van der Waals surface area contributed by atoms with E-state index in [1.165, 1.54) is 51.4 Å². The summed E-state index contributed by atoms with van der Waals surface area (Å²) in [6.07, 6.45) is 11.5. The van der Waals surface area contributed by atoms with Crippen molar-refractivity contribution in [1.82, 2.24) is 0 Å². The van der Waals surface area contributed by atoms with Gasteiger partial charge in [-0.3, -0.25) is 0 Å². The maximum absolute atomic E-state index is 9.58. The van der Waals surface area contributed by atoms with Crippen LogP contribution in [0.4, 0.5) is 0 Å². The van der Waals surface area contributed by atoms with Crippen LogP contribution in [0.25, 0.3) is 0 Å². The van der Waals surface area contributed by atoms with Gasteiger partial charge in [0.2, 0.25) is 0 Å². The number of aromatic hydroxyl groups is 1. The molecule has 0 unspecified atom stereocenters. The maximum atomic E-state index is 9.58. The molecule has 0 fully saturated rings. The van der Waals surface area contributed by atoms with Crippen LogP contribution in [0.1, 0.15) is 77.7 Å². The zero-order chi connectivity index (χ0) is 14.3. The van der Waals surface area contributed by atoms with Crippen molar-refractivity contribution < 1.29 is 5.11 Å². The first-order valence-electron chi connectivity index (χ1n) is 8.03. The van der Waals surface area contributed by atoms with Gasteiger partial charge in [-0.1, -0.05) is 83.9 Å². The van der Waals surface area contributed by atoms with Crippen molar-refractivity contribution in [2.45, 2.75) is 78.6 Å². The number of para-hydroxylation sites is 1. The van der Waals surface area contributed by atoms with Crippen LogP contribution in [0.3, 0.4) is 0 Å². The highest BCUT2D eigenvalue weighted by Crippen LogP contribution is 2.18. The van der Waals surface area contributed by atoms with Crippen LogP contribution >= 0.6 is 0 Å². The van der Waals surface area contributed by atoms with Crippen LogP contribution in [0, 0.1) is 0 Å². The van der Waals surface area contributed by atoms with Gasteiger partial charge in [0.05, 0.1) is 0 Å². The molecule has 0 amide bonds. The average Bonchev–Trinajstić information content (AvgIpc) is 2.41. The van der Waals surface area contributed by atoms with E-state index in [-0.39, 0.29) is 0 Å². The fourth-order valence-electron chi connectivity index (χ4n) is 1.99. The van der Waals surface area contributed by atoms with Gasteiger partial charge in [-0.05, 0) is 24.5 Å². The Morgan fingerprint density at radius 1 is 0.789 bits per heavy atom. The summed E-state index contributed by atoms with van der Waals surface area (Å²) in [7, 11) is 0. The van der Waals surface area contributed by atoms with Gasteiger partial charge in [-0.2, -0.15) is 0 Å². The standard InChI is InChI=1S/C15H24O.C3H8/c1-2-3-4-5-6-7-8-11-14-12-9-10-13-15(14)16;1-3-2/h9-10,12-13,16H,2-8,11H2,1H3;3H2,1-2H3. The fraction of sp³-hybridized carbons (Fsp3) is 0.667. The van der Waals surface area contributed by atoms with Gasteiger partial charge in [0.25, 0.3) is 0 Å². The zero-order valence-corrected chi connectivity index (χ0v) is 13.1. The van der Waals surface area contributed by atoms with Crippen LogP contribution in [-0.4, -0.2) is 5.11 Å². The summed E-state index contributed by atoms with van der Waals surface area (Å²) < 4.78 is 0. The molecule has 1 rings (SSSR count). The van der Waals surface area contributed by atoms with E-state index in [1.807, 2.05) is 18.2 Å². The van der Waals surface area contributed by atoms with Crippen LogP contribution in [0.5, 0.6) is 5.75 Å². The molecule has 0 aliphatic carbocycles. The Morgan fingerprint density at radius 2 is 1.32 bits per heavy atom. The normalized spacial score (nSPS) is 9.84. The van der Waals surface area contributed by atoms with Gasteiger partial charge in [-0.25, -0.2) is 0 Å². The molecule has 0 radical (unpaired) electrons. The third-order valence-corrected chi connectivity index (χ3v) is 3.04. The van der Waals surface area contributed by atoms with Gasteiger partial charge >= 0.3 is 0 Å². The summed E-state index contributed by atoms with van der Waals surface area (Å²) in [4.78, 5) is 0. The summed E-state index contributed by atoms with van der Waals surface area (Å²) in [6, 6.07) is 7.67. The second-order valence-electron chi connectivity index (χ2n) is 5.21. The van der Waals surface area contributed by atoms with Crippen LogP contribution < -0.4 is 0 Å². The first kappa shape index (κ1) is 18.0. The molecule has 0 aliphatic rings. The molecule has 1 aromatic rings. The highest BCUT2D eigenvalue weighted by molar-refractivity contribution is 5.31. The molecule has 0 spiro atoms. The summed E-state index contributed by atoms with van der Waals surface area (Å²) >= 11 is 0. The van der Waals surface area contributed by atoms with E-state index in [2.05, 4.69) is 20.8 Å². The Kier molecular flexibility index (Phi) is 12.8. The minimum Gasteiger partial charge on any atom is -0.508 e. The number of hydrogen-bond donors (Lipinski definition) is 1. The fourth-order valence-corrected chi connectivity index (χ4v) is 1.99. The molecule has 1 aromatic carbocycles. The van der Waals surface area contributed by atoms with Crippen molar-refractivity contribution in [2.75, 3.05) is 0 Å². The first-order valence-corrected chi connectivity index (χ1v) is 8.03. The first-order chi connectivity index (χ1) is 9.26. The largest absolute Gasteiger partial charge is 0.508 e. The van der Waals surface area contributed by atoms with Crippen molar-refractivity contribution in [3.8, 4) is 5.75 Å². The Labute approximate surface area is 120 Å². The van der Waals surface area contributed by atoms with Gasteiger partial charge in [-0.15, -0.1) is 0 Å². The Bertz CT molecular complexity index is 293. The predicted molar refractivity (Wildman–Crippen MR) is 85.8 cm³/mol. The topological polar surface area (TPSA) is 20.2 Å². The molecular formula is C18H32O. The van der Waals surface area contributed by atoms with Crippen molar-refractivity contribution >= 4 is 0 Å². The lowest BCUT2D eigenvalue weighted by molar-refractivity contribution is 0.466. The lowest BCUT2D eigenvalue weighted by Crippen LogP contribution is -1.87. The third kappa shape index (κ3) is 10.6.